The van der Waals surface area contributed by atoms with Crippen LogP contribution in [-0.2, 0) is 16.1 Å². The SMILES string of the molecule is Cc1ccc(CN(C)C(=O)COC(=O)c2cc(Cl)ccc2N)cc1. The van der Waals surface area contributed by atoms with Gasteiger partial charge in [0, 0.05) is 24.3 Å². The number of likely N-dealkylation sites (N-methyl/N-ethyl adjacent to an activating group) is 1. The molecule has 0 aliphatic heterocycles. The van der Waals surface area contributed by atoms with Crippen LogP contribution >= 0.6 is 11.6 Å². The van der Waals surface area contributed by atoms with Crippen LogP contribution in [0.15, 0.2) is 42.5 Å². The predicted octanol–water partition coefficient (Wildman–Crippen LogP) is 3.05. The molecule has 126 valence electrons. The number of nitrogens with two attached hydrogens (primary N) is 1. The lowest BCUT2D eigenvalue weighted by Gasteiger charge is -2.17. The Kier molecular flexibility index (Phi) is 5.82. The largest absolute Gasteiger partial charge is 0.452 e. The van der Waals surface area contributed by atoms with Crippen molar-refractivity contribution in [2.75, 3.05) is 19.4 Å². The second kappa shape index (κ2) is 7.84. The fraction of sp³-hybridized carbons (Fsp3) is 0.222. The Labute approximate surface area is 146 Å². The zero-order valence-electron chi connectivity index (χ0n) is 13.6. The molecule has 1 amide bonds. The van der Waals surface area contributed by atoms with E-state index in [1.54, 1.807) is 13.1 Å². The third-order valence-corrected chi connectivity index (χ3v) is 3.76. The van der Waals surface area contributed by atoms with E-state index in [9.17, 15) is 9.59 Å². The van der Waals surface area contributed by atoms with Crippen molar-refractivity contribution >= 4 is 29.2 Å². The van der Waals surface area contributed by atoms with Crippen LogP contribution in [0, 0.1) is 6.92 Å². The number of aryl methyl sites for hydroxylation is 1. The summed E-state index contributed by atoms with van der Waals surface area (Å²) < 4.78 is 5.03. The molecule has 0 saturated carbocycles. The molecule has 2 aromatic carbocycles. The first kappa shape index (κ1) is 17.8. The van der Waals surface area contributed by atoms with Crippen molar-refractivity contribution in [3.05, 3.63) is 64.2 Å². The highest BCUT2D eigenvalue weighted by molar-refractivity contribution is 6.31. The minimum Gasteiger partial charge on any atom is -0.452 e. The van der Waals surface area contributed by atoms with Crippen molar-refractivity contribution in [1.29, 1.82) is 0 Å². The van der Waals surface area contributed by atoms with Gasteiger partial charge in [0.15, 0.2) is 6.61 Å². The van der Waals surface area contributed by atoms with Gasteiger partial charge in [0.1, 0.15) is 0 Å². The summed E-state index contributed by atoms with van der Waals surface area (Å²) in [4.78, 5) is 25.6. The standard InChI is InChI=1S/C18H19ClN2O3/c1-12-3-5-13(6-4-12)10-21(2)17(22)11-24-18(23)15-9-14(19)7-8-16(15)20/h3-9H,10-11,20H2,1-2H3. The highest BCUT2D eigenvalue weighted by atomic mass is 35.5. The van der Waals surface area contributed by atoms with Crippen molar-refractivity contribution in [2.24, 2.45) is 0 Å². The molecule has 0 fully saturated rings. The van der Waals surface area contributed by atoms with Crippen LogP contribution in [0.5, 0.6) is 0 Å². The average Bonchev–Trinajstić information content (AvgIpc) is 2.56. The number of hydrogen-bond acceptors (Lipinski definition) is 4. The maximum atomic E-state index is 12.1. The Balaban J connectivity index is 1.91. The van der Waals surface area contributed by atoms with E-state index >= 15 is 0 Å². The molecule has 0 heterocycles. The predicted molar refractivity (Wildman–Crippen MR) is 93.8 cm³/mol. The van der Waals surface area contributed by atoms with Gasteiger partial charge in [-0.2, -0.15) is 0 Å². The van der Waals surface area contributed by atoms with E-state index in [1.807, 2.05) is 31.2 Å². The summed E-state index contributed by atoms with van der Waals surface area (Å²) in [6.07, 6.45) is 0. The molecule has 0 atom stereocenters. The first-order chi connectivity index (χ1) is 11.4. The maximum Gasteiger partial charge on any atom is 0.340 e. The van der Waals surface area contributed by atoms with Crippen LogP contribution in [-0.4, -0.2) is 30.4 Å². The van der Waals surface area contributed by atoms with Crippen molar-refractivity contribution in [3.8, 4) is 0 Å². The zero-order valence-corrected chi connectivity index (χ0v) is 14.3. The van der Waals surface area contributed by atoms with Crippen molar-refractivity contribution in [2.45, 2.75) is 13.5 Å². The molecule has 5 nitrogen and oxygen atoms in total. The second-order valence-electron chi connectivity index (χ2n) is 5.54. The zero-order chi connectivity index (χ0) is 17.7. The number of carbonyl (C=O) groups excluding carboxylic acids is 2. The van der Waals surface area contributed by atoms with Crippen LogP contribution in [0.4, 0.5) is 5.69 Å². The third kappa shape index (κ3) is 4.73. The highest BCUT2D eigenvalue weighted by Gasteiger charge is 2.16. The van der Waals surface area contributed by atoms with E-state index in [2.05, 4.69) is 0 Å². The molecule has 2 rings (SSSR count). The molecule has 0 aliphatic rings. The topological polar surface area (TPSA) is 72.6 Å². The van der Waals surface area contributed by atoms with Gasteiger partial charge < -0.3 is 15.4 Å². The summed E-state index contributed by atoms with van der Waals surface area (Å²) in [5.41, 5.74) is 8.28. The molecule has 0 bridgehead atoms. The highest BCUT2D eigenvalue weighted by Crippen LogP contribution is 2.18. The van der Waals surface area contributed by atoms with Crippen LogP contribution in [0.3, 0.4) is 0 Å². The normalized spacial score (nSPS) is 10.3. The van der Waals surface area contributed by atoms with Gasteiger partial charge in [0.25, 0.3) is 5.91 Å². The van der Waals surface area contributed by atoms with E-state index in [4.69, 9.17) is 22.1 Å². The first-order valence-corrected chi connectivity index (χ1v) is 7.76. The van der Waals surface area contributed by atoms with Gasteiger partial charge in [0.2, 0.25) is 0 Å². The molecule has 0 unspecified atom stereocenters. The fourth-order valence-electron chi connectivity index (χ4n) is 2.08. The summed E-state index contributed by atoms with van der Waals surface area (Å²) in [6.45, 7) is 2.09. The Bertz CT molecular complexity index is 744. The molecule has 0 aliphatic carbocycles. The lowest BCUT2D eigenvalue weighted by atomic mass is 10.1. The van der Waals surface area contributed by atoms with Gasteiger partial charge in [-0.15, -0.1) is 0 Å². The summed E-state index contributed by atoms with van der Waals surface area (Å²) in [7, 11) is 1.66. The van der Waals surface area contributed by atoms with Gasteiger partial charge in [-0.3, -0.25) is 4.79 Å². The Hall–Kier alpha value is -2.53. The smallest absolute Gasteiger partial charge is 0.340 e. The number of ether oxygens (including phenoxy) is 1. The minimum atomic E-state index is -0.674. The molecule has 24 heavy (non-hydrogen) atoms. The summed E-state index contributed by atoms with van der Waals surface area (Å²) in [5, 5.41) is 0.374. The van der Waals surface area contributed by atoms with E-state index in [1.165, 1.54) is 17.0 Å². The Morgan fingerprint density at radius 3 is 2.50 bits per heavy atom. The van der Waals surface area contributed by atoms with E-state index < -0.39 is 5.97 Å². The number of esters is 1. The maximum absolute atomic E-state index is 12.1. The number of rotatable bonds is 5. The number of anilines is 1. The van der Waals surface area contributed by atoms with E-state index in [0.29, 0.717) is 11.6 Å². The summed E-state index contributed by atoms with van der Waals surface area (Å²) in [6, 6.07) is 12.4. The number of amides is 1. The quantitative estimate of drug-likeness (QED) is 0.667. The van der Waals surface area contributed by atoms with E-state index in [0.717, 1.165) is 11.1 Å². The lowest BCUT2D eigenvalue weighted by molar-refractivity contribution is -0.133. The average molecular weight is 347 g/mol. The van der Waals surface area contributed by atoms with E-state index in [-0.39, 0.29) is 23.8 Å². The van der Waals surface area contributed by atoms with Crippen LogP contribution in [0.1, 0.15) is 21.5 Å². The van der Waals surface area contributed by atoms with Crippen LogP contribution in [0.2, 0.25) is 5.02 Å². The summed E-state index contributed by atoms with van der Waals surface area (Å²) >= 11 is 5.84. The molecule has 0 saturated heterocycles. The molecule has 0 aromatic heterocycles. The van der Waals surface area contributed by atoms with Crippen LogP contribution < -0.4 is 5.73 Å². The van der Waals surface area contributed by atoms with Gasteiger partial charge in [-0.05, 0) is 30.7 Å². The fourth-order valence-corrected chi connectivity index (χ4v) is 2.25. The molecule has 2 N–H and O–H groups in total. The minimum absolute atomic E-state index is 0.150. The van der Waals surface area contributed by atoms with Crippen molar-refractivity contribution in [3.63, 3.8) is 0 Å². The number of nitrogens with zero attached hydrogens (tertiary/aromatic N) is 1. The number of halogens is 1. The molecule has 6 heteroatoms. The molecular weight excluding hydrogens is 328 g/mol. The molecule has 0 radical (unpaired) electrons. The molecule has 2 aromatic rings. The van der Waals surface area contributed by atoms with Gasteiger partial charge in [-0.1, -0.05) is 41.4 Å². The second-order valence-corrected chi connectivity index (χ2v) is 5.98. The van der Waals surface area contributed by atoms with Crippen LogP contribution in [0.25, 0.3) is 0 Å². The monoisotopic (exact) mass is 346 g/mol. The third-order valence-electron chi connectivity index (χ3n) is 3.53. The number of hydrogen-bond donors (Lipinski definition) is 1. The molecular formula is C18H19ClN2O3. The molecule has 0 spiro atoms. The number of benzene rings is 2. The Morgan fingerprint density at radius 1 is 1.17 bits per heavy atom. The van der Waals surface area contributed by atoms with Crippen molar-refractivity contribution in [1.82, 2.24) is 4.90 Å². The van der Waals surface area contributed by atoms with Crippen molar-refractivity contribution < 1.29 is 14.3 Å². The van der Waals surface area contributed by atoms with Gasteiger partial charge in [0.05, 0.1) is 5.56 Å². The summed E-state index contributed by atoms with van der Waals surface area (Å²) in [5.74, 6) is -0.975. The first-order valence-electron chi connectivity index (χ1n) is 7.38. The number of carbonyl (C=O) groups is 2. The number of nitrogen functional groups attached to an aromatic ring is 1. The van der Waals surface area contributed by atoms with Gasteiger partial charge >= 0.3 is 5.97 Å². The lowest BCUT2D eigenvalue weighted by Crippen LogP contribution is -2.30. The van der Waals surface area contributed by atoms with Gasteiger partial charge in [-0.25, -0.2) is 4.79 Å². The Morgan fingerprint density at radius 2 is 1.83 bits per heavy atom.